The largest absolute Gasteiger partial charge is 0.314 e. The van der Waals surface area contributed by atoms with Crippen LogP contribution in [0.1, 0.15) is 24.9 Å². The van der Waals surface area contributed by atoms with Crippen LogP contribution < -0.4 is 5.32 Å². The lowest BCUT2D eigenvalue weighted by molar-refractivity contribution is 0.166. The minimum atomic E-state index is -0.380. The van der Waals surface area contributed by atoms with E-state index in [2.05, 4.69) is 10.2 Å². The van der Waals surface area contributed by atoms with Gasteiger partial charge >= 0.3 is 0 Å². The van der Waals surface area contributed by atoms with Crippen LogP contribution in [0.25, 0.3) is 0 Å². The van der Waals surface area contributed by atoms with Crippen molar-refractivity contribution in [1.29, 1.82) is 0 Å². The second-order valence-electron chi connectivity index (χ2n) is 4.47. The minimum absolute atomic E-state index is 0.00157. The van der Waals surface area contributed by atoms with E-state index in [1.807, 2.05) is 6.92 Å². The molecule has 0 unspecified atom stereocenters. The molecule has 1 fully saturated rings. The van der Waals surface area contributed by atoms with E-state index >= 15 is 0 Å². The van der Waals surface area contributed by atoms with E-state index in [1.54, 1.807) is 6.07 Å². The first-order chi connectivity index (χ1) is 8.65. The Morgan fingerprint density at radius 3 is 2.50 bits per heavy atom. The summed E-state index contributed by atoms with van der Waals surface area (Å²) in [4.78, 5) is 2.26. The molecular weight excluding hydrogens is 274 g/mol. The first kappa shape index (κ1) is 14.1. The summed E-state index contributed by atoms with van der Waals surface area (Å²) in [6.45, 7) is 5.71. The highest BCUT2D eigenvalue weighted by Crippen LogP contribution is 2.35. The van der Waals surface area contributed by atoms with E-state index in [0.29, 0.717) is 10.6 Å². The van der Waals surface area contributed by atoms with Crippen LogP contribution in [0.5, 0.6) is 0 Å². The monoisotopic (exact) mass is 290 g/mol. The Balaban J connectivity index is 2.34. The number of hydrogen-bond donors (Lipinski definition) is 1. The third-order valence-electron chi connectivity index (χ3n) is 3.39. The van der Waals surface area contributed by atoms with Crippen LogP contribution in [0.3, 0.4) is 0 Å². The highest BCUT2D eigenvalue weighted by atomic mass is 35.5. The van der Waals surface area contributed by atoms with Gasteiger partial charge in [-0.3, -0.25) is 4.90 Å². The maximum Gasteiger partial charge on any atom is 0.148 e. The standard InChI is InChI=1S/C13H17Cl2FN2/c1-2-11(18-7-5-17-6-8-18)12-9(14)3-4-10(15)13(12)16/h3-4,11,17H,2,5-8H2,1H3/t11-/m1/s1. The Hall–Kier alpha value is -0.350. The molecule has 2 rings (SSSR count). The average molecular weight is 291 g/mol. The summed E-state index contributed by atoms with van der Waals surface area (Å²) in [7, 11) is 0. The molecule has 1 heterocycles. The SMILES string of the molecule is CC[C@H](c1c(Cl)ccc(Cl)c1F)N1CCNCC1. The Morgan fingerprint density at radius 1 is 1.28 bits per heavy atom. The lowest BCUT2D eigenvalue weighted by Crippen LogP contribution is -2.45. The molecule has 0 saturated carbocycles. The molecule has 5 heteroatoms. The molecule has 1 aliphatic rings. The van der Waals surface area contributed by atoms with E-state index < -0.39 is 0 Å². The molecule has 1 N–H and O–H groups in total. The number of halogens is 3. The van der Waals surface area contributed by atoms with Gasteiger partial charge in [0.25, 0.3) is 0 Å². The number of hydrogen-bond acceptors (Lipinski definition) is 2. The van der Waals surface area contributed by atoms with Crippen molar-refractivity contribution in [2.75, 3.05) is 26.2 Å². The fraction of sp³-hybridized carbons (Fsp3) is 0.538. The van der Waals surface area contributed by atoms with Crippen LogP contribution in [0.15, 0.2) is 12.1 Å². The second-order valence-corrected chi connectivity index (χ2v) is 5.28. The summed E-state index contributed by atoms with van der Waals surface area (Å²) in [6, 6.07) is 3.18. The molecule has 1 saturated heterocycles. The molecule has 100 valence electrons. The zero-order valence-corrected chi connectivity index (χ0v) is 11.9. The molecular formula is C13H17Cl2FN2. The molecule has 1 aromatic rings. The number of benzene rings is 1. The van der Waals surface area contributed by atoms with Gasteiger partial charge in [0.2, 0.25) is 0 Å². The molecule has 0 radical (unpaired) electrons. The van der Waals surface area contributed by atoms with Crippen molar-refractivity contribution in [2.24, 2.45) is 0 Å². The summed E-state index contributed by atoms with van der Waals surface area (Å²) >= 11 is 12.0. The number of nitrogens with zero attached hydrogens (tertiary/aromatic N) is 1. The van der Waals surface area contributed by atoms with Gasteiger partial charge in [-0.25, -0.2) is 4.39 Å². The second kappa shape index (κ2) is 6.20. The topological polar surface area (TPSA) is 15.3 Å². The summed E-state index contributed by atoms with van der Waals surface area (Å²) in [6.07, 6.45) is 0.816. The van der Waals surface area contributed by atoms with Crippen LogP contribution in [0.2, 0.25) is 10.0 Å². The lowest BCUT2D eigenvalue weighted by Gasteiger charge is -2.35. The van der Waals surface area contributed by atoms with E-state index in [9.17, 15) is 4.39 Å². The summed E-state index contributed by atoms with van der Waals surface area (Å²) in [5, 5.41) is 3.89. The predicted molar refractivity (Wildman–Crippen MR) is 73.9 cm³/mol. The van der Waals surface area contributed by atoms with E-state index in [0.717, 1.165) is 32.6 Å². The Labute approximate surface area is 117 Å². The van der Waals surface area contributed by atoms with Crippen molar-refractivity contribution in [3.63, 3.8) is 0 Å². The summed E-state index contributed by atoms with van der Waals surface area (Å²) in [5.41, 5.74) is 0.536. The maximum absolute atomic E-state index is 14.2. The third-order valence-corrected chi connectivity index (χ3v) is 4.01. The van der Waals surface area contributed by atoms with Crippen molar-refractivity contribution < 1.29 is 4.39 Å². The van der Waals surface area contributed by atoms with Crippen LogP contribution in [0, 0.1) is 5.82 Å². The fourth-order valence-electron chi connectivity index (χ4n) is 2.49. The van der Waals surface area contributed by atoms with Crippen LogP contribution in [0.4, 0.5) is 4.39 Å². The highest BCUT2D eigenvalue weighted by molar-refractivity contribution is 6.33. The van der Waals surface area contributed by atoms with Crippen molar-refractivity contribution in [1.82, 2.24) is 10.2 Å². The summed E-state index contributed by atoms with van der Waals surface area (Å²) < 4.78 is 14.2. The quantitative estimate of drug-likeness (QED) is 0.858. The molecule has 0 spiro atoms. The van der Waals surface area contributed by atoms with Crippen molar-refractivity contribution in [3.05, 3.63) is 33.6 Å². The van der Waals surface area contributed by atoms with Crippen LogP contribution in [-0.2, 0) is 0 Å². The van der Waals surface area contributed by atoms with Crippen LogP contribution in [-0.4, -0.2) is 31.1 Å². The van der Waals surface area contributed by atoms with Gasteiger partial charge in [0.05, 0.1) is 5.02 Å². The number of piperazine rings is 1. The van der Waals surface area contributed by atoms with Crippen molar-refractivity contribution in [2.45, 2.75) is 19.4 Å². The lowest BCUT2D eigenvalue weighted by atomic mass is 10.0. The van der Waals surface area contributed by atoms with Gasteiger partial charge in [-0.2, -0.15) is 0 Å². The molecule has 2 nitrogen and oxygen atoms in total. The molecule has 1 aromatic carbocycles. The summed E-state index contributed by atoms with van der Waals surface area (Å²) in [5.74, 6) is -0.380. The van der Waals surface area contributed by atoms with Gasteiger partial charge in [0.1, 0.15) is 5.82 Å². The van der Waals surface area contributed by atoms with E-state index in [-0.39, 0.29) is 16.9 Å². The number of rotatable bonds is 3. The van der Waals surface area contributed by atoms with E-state index in [1.165, 1.54) is 6.07 Å². The Bertz CT molecular complexity index is 420. The molecule has 0 amide bonds. The predicted octanol–water partition coefficient (Wildman–Crippen LogP) is 3.49. The average Bonchev–Trinajstić information content (AvgIpc) is 2.40. The first-order valence-electron chi connectivity index (χ1n) is 6.23. The molecule has 1 atom stereocenters. The van der Waals surface area contributed by atoms with Gasteiger partial charge in [0.15, 0.2) is 0 Å². The van der Waals surface area contributed by atoms with Gasteiger partial charge in [-0.05, 0) is 18.6 Å². The Kier molecular flexibility index (Phi) is 4.84. The molecule has 0 aromatic heterocycles. The third kappa shape index (κ3) is 2.80. The Morgan fingerprint density at radius 2 is 1.89 bits per heavy atom. The number of nitrogens with one attached hydrogen (secondary N) is 1. The van der Waals surface area contributed by atoms with Gasteiger partial charge in [0, 0.05) is 42.8 Å². The normalized spacial score (nSPS) is 18.9. The minimum Gasteiger partial charge on any atom is -0.314 e. The maximum atomic E-state index is 14.2. The van der Waals surface area contributed by atoms with Crippen molar-refractivity contribution in [3.8, 4) is 0 Å². The molecule has 0 bridgehead atoms. The zero-order chi connectivity index (χ0) is 13.1. The van der Waals surface area contributed by atoms with Crippen molar-refractivity contribution >= 4 is 23.2 Å². The fourth-order valence-corrected chi connectivity index (χ4v) is 2.92. The van der Waals surface area contributed by atoms with Crippen LogP contribution >= 0.6 is 23.2 Å². The smallest absolute Gasteiger partial charge is 0.148 e. The highest BCUT2D eigenvalue weighted by Gasteiger charge is 2.26. The van der Waals surface area contributed by atoms with Gasteiger partial charge in [-0.15, -0.1) is 0 Å². The molecule has 0 aliphatic carbocycles. The van der Waals surface area contributed by atoms with Gasteiger partial charge < -0.3 is 5.32 Å². The molecule has 18 heavy (non-hydrogen) atoms. The van der Waals surface area contributed by atoms with E-state index in [4.69, 9.17) is 23.2 Å². The first-order valence-corrected chi connectivity index (χ1v) is 6.99. The zero-order valence-electron chi connectivity index (χ0n) is 10.3. The van der Waals surface area contributed by atoms with Gasteiger partial charge in [-0.1, -0.05) is 30.1 Å². The molecule has 1 aliphatic heterocycles.